The second kappa shape index (κ2) is 2.22. The fourth-order valence-corrected chi connectivity index (χ4v) is 2.32. The molecule has 1 nitrogen and oxygen atoms in total. The molecule has 0 aromatic carbocycles. The van der Waals surface area contributed by atoms with Gasteiger partial charge in [0, 0.05) is 18.1 Å². The van der Waals surface area contributed by atoms with Crippen molar-refractivity contribution in [2.45, 2.75) is 63.1 Å². The van der Waals surface area contributed by atoms with Gasteiger partial charge in [-0.1, -0.05) is 6.42 Å². The van der Waals surface area contributed by atoms with E-state index in [1.54, 1.807) is 0 Å². The minimum atomic E-state index is 1.02. The predicted molar refractivity (Wildman–Crippen MR) is 45.5 cm³/mol. The molecular formula is C10H17N. The van der Waals surface area contributed by atoms with E-state index in [1.807, 2.05) is 0 Å². The molecule has 3 rings (SSSR count). The monoisotopic (exact) mass is 151 g/mol. The standard InChI is InChI=1S/C10H17N/c1-2-8(3-1)11(9-4-5-9)10-6-7-10/h8-10H,1-7H2. The number of hydrogen-bond donors (Lipinski definition) is 0. The van der Waals surface area contributed by atoms with Crippen LogP contribution in [0.1, 0.15) is 44.9 Å². The van der Waals surface area contributed by atoms with Gasteiger partial charge < -0.3 is 0 Å². The predicted octanol–water partition coefficient (Wildman–Crippen LogP) is 2.17. The van der Waals surface area contributed by atoms with E-state index in [4.69, 9.17) is 0 Å². The number of rotatable bonds is 3. The Kier molecular flexibility index (Phi) is 1.31. The molecule has 3 fully saturated rings. The molecule has 62 valence electrons. The Balaban J connectivity index is 1.66. The molecule has 0 bridgehead atoms. The van der Waals surface area contributed by atoms with E-state index in [-0.39, 0.29) is 0 Å². The van der Waals surface area contributed by atoms with Crippen molar-refractivity contribution < 1.29 is 0 Å². The smallest absolute Gasteiger partial charge is 0.0102 e. The summed E-state index contributed by atoms with van der Waals surface area (Å²) < 4.78 is 0. The molecule has 0 unspecified atom stereocenters. The van der Waals surface area contributed by atoms with E-state index in [0.29, 0.717) is 0 Å². The third-order valence-electron chi connectivity index (χ3n) is 3.43. The van der Waals surface area contributed by atoms with Crippen molar-refractivity contribution in [1.29, 1.82) is 0 Å². The summed E-state index contributed by atoms with van der Waals surface area (Å²) in [6, 6.07) is 3.09. The first-order valence-electron chi connectivity index (χ1n) is 5.22. The van der Waals surface area contributed by atoms with E-state index in [0.717, 1.165) is 18.1 Å². The summed E-state index contributed by atoms with van der Waals surface area (Å²) in [5, 5.41) is 0. The Bertz CT molecular complexity index is 142. The lowest BCUT2D eigenvalue weighted by Crippen LogP contribution is -2.43. The van der Waals surface area contributed by atoms with Crippen LogP contribution in [0.4, 0.5) is 0 Å². The summed E-state index contributed by atoms with van der Waals surface area (Å²) in [6.45, 7) is 0. The van der Waals surface area contributed by atoms with Crippen LogP contribution in [-0.4, -0.2) is 23.0 Å². The summed E-state index contributed by atoms with van der Waals surface area (Å²) >= 11 is 0. The summed E-state index contributed by atoms with van der Waals surface area (Å²) in [5.41, 5.74) is 0. The van der Waals surface area contributed by atoms with Crippen LogP contribution in [-0.2, 0) is 0 Å². The van der Waals surface area contributed by atoms with Crippen LogP contribution in [0, 0.1) is 0 Å². The highest BCUT2D eigenvalue weighted by molar-refractivity contribution is 4.99. The third kappa shape index (κ3) is 1.10. The van der Waals surface area contributed by atoms with Gasteiger partial charge in [-0.15, -0.1) is 0 Å². The van der Waals surface area contributed by atoms with Crippen molar-refractivity contribution in [2.24, 2.45) is 0 Å². The molecule has 3 aliphatic carbocycles. The second-order valence-electron chi connectivity index (χ2n) is 4.49. The molecule has 0 aliphatic heterocycles. The zero-order valence-electron chi connectivity index (χ0n) is 7.13. The van der Waals surface area contributed by atoms with Crippen LogP contribution in [0.25, 0.3) is 0 Å². The lowest BCUT2D eigenvalue weighted by Gasteiger charge is -2.38. The first kappa shape index (κ1) is 6.47. The topological polar surface area (TPSA) is 3.24 Å². The molecule has 0 amide bonds. The quantitative estimate of drug-likeness (QED) is 0.597. The van der Waals surface area contributed by atoms with Crippen LogP contribution in [0.5, 0.6) is 0 Å². The van der Waals surface area contributed by atoms with Gasteiger partial charge in [0.2, 0.25) is 0 Å². The van der Waals surface area contributed by atoms with Crippen LogP contribution in [0.3, 0.4) is 0 Å². The average Bonchev–Trinajstić information content (AvgIpc) is 2.74. The number of nitrogens with zero attached hydrogens (tertiary/aromatic N) is 1. The van der Waals surface area contributed by atoms with E-state index in [2.05, 4.69) is 4.90 Å². The molecule has 0 spiro atoms. The van der Waals surface area contributed by atoms with Gasteiger partial charge in [0.15, 0.2) is 0 Å². The van der Waals surface area contributed by atoms with E-state index < -0.39 is 0 Å². The molecule has 3 saturated carbocycles. The van der Waals surface area contributed by atoms with E-state index in [9.17, 15) is 0 Å². The molecule has 0 aromatic rings. The fourth-order valence-electron chi connectivity index (χ4n) is 2.32. The molecule has 0 atom stereocenters. The molecule has 0 N–H and O–H groups in total. The van der Waals surface area contributed by atoms with Gasteiger partial charge in [-0.3, -0.25) is 4.90 Å². The van der Waals surface area contributed by atoms with Gasteiger partial charge in [0.1, 0.15) is 0 Å². The molecule has 0 heterocycles. The normalized spacial score (nSPS) is 32.5. The van der Waals surface area contributed by atoms with Crippen molar-refractivity contribution in [2.75, 3.05) is 0 Å². The van der Waals surface area contributed by atoms with Gasteiger partial charge in [-0.2, -0.15) is 0 Å². The molecule has 0 saturated heterocycles. The molecule has 3 aliphatic rings. The lowest BCUT2D eigenvalue weighted by atomic mass is 9.91. The Morgan fingerprint density at radius 2 is 1.09 bits per heavy atom. The average molecular weight is 151 g/mol. The molecule has 11 heavy (non-hydrogen) atoms. The van der Waals surface area contributed by atoms with Crippen molar-refractivity contribution in [3.63, 3.8) is 0 Å². The maximum absolute atomic E-state index is 2.86. The van der Waals surface area contributed by atoms with Crippen LogP contribution in [0.2, 0.25) is 0 Å². The molecule has 0 radical (unpaired) electrons. The van der Waals surface area contributed by atoms with Crippen LogP contribution < -0.4 is 0 Å². The summed E-state index contributed by atoms with van der Waals surface area (Å²) in [6.07, 6.45) is 10.5. The first-order valence-corrected chi connectivity index (χ1v) is 5.22. The minimum Gasteiger partial charge on any atom is -0.294 e. The molecule has 0 aromatic heterocycles. The lowest BCUT2D eigenvalue weighted by molar-refractivity contribution is 0.110. The summed E-state index contributed by atoms with van der Waals surface area (Å²) in [5.74, 6) is 0. The maximum Gasteiger partial charge on any atom is 0.0102 e. The zero-order chi connectivity index (χ0) is 7.26. The Hall–Kier alpha value is -0.0400. The van der Waals surface area contributed by atoms with Crippen molar-refractivity contribution in [3.05, 3.63) is 0 Å². The largest absolute Gasteiger partial charge is 0.294 e. The molecule has 1 heteroatoms. The Morgan fingerprint density at radius 1 is 0.636 bits per heavy atom. The second-order valence-corrected chi connectivity index (χ2v) is 4.49. The van der Waals surface area contributed by atoms with Gasteiger partial charge in [-0.25, -0.2) is 0 Å². The van der Waals surface area contributed by atoms with Crippen LogP contribution >= 0.6 is 0 Å². The Morgan fingerprint density at radius 3 is 1.36 bits per heavy atom. The highest BCUT2D eigenvalue weighted by atomic mass is 15.3. The molecular weight excluding hydrogens is 134 g/mol. The minimum absolute atomic E-state index is 1.02. The van der Waals surface area contributed by atoms with Crippen molar-refractivity contribution in [1.82, 2.24) is 4.90 Å². The number of hydrogen-bond acceptors (Lipinski definition) is 1. The summed E-state index contributed by atoms with van der Waals surface area (Å²) in [4.78, 5) is 2.86. The highest BCUT2D eigenvalue weighted by Crippen LogP contribution is 2.43. The van der Waals surface area contributed by atoms with Crippen molar-refractivity contribution >= 4 is 0 Å². The maximum atomic E-state index is 2.86. The van der Waals surface area contributed by atoms with Gasteiger partial charge in [-0.05, 0) is 38.5 Å². The van der Waals surface area contributed by atoms with E-state index >= 15 is 0 Å². The van der Waals surface area contributed by atoms with Gasteiger partial charge >= 0.3 is 0 Å². The van der Waals surface area contributed by atoms with Crippen LogP contribution in [0.15, 0.2) is 0 Å². The first-order chi connectivity index (χ1) is 5.45. The van der Waals surface area contributed by atoms with Gasteiger partial charge in [0.25, 0.3) is 0 Å². The summed E-state index contributed by atoms with van der Waals surface area (Å²) in [7, 11) is 0. The van der Waals surface area contributed by atoms with E-state index in [1.165, 1.54) is 44.9 Å². The highest BCUT2D eigenvalue weighted by Gasteiger charge is 2.44. The van der Waals surface area contributed by atoms with Gasteiger partial charge in [0.05, 0.1) is 0 Å². The third-order valence-corrected chi connectivity index (χ3v) is 3.43. The Labute approximate surface area is 68.8 Å². The SMILES string of the molecule is C1CC(N(C2CC2)C2CC2)C1. The zero-order valence-corrected chi connectivity index (χ0v) is 7.13. The van der Waals surface area contributed by atoms with Crippen molar-refractivity contribution in [3.8, 4) is 0 Å². The fraction of sp³-hybridized carbons (Fsp3) is 1.00.